The van der Waals surface area contributed by atoms with Crippen molar-refractivity contribution in [3.63, 3.8) is 0 Å². The largest absolute Gasteiger partial charge is 0.393 e. The number of rotatable bonds is 5. The van der Waals surface area contributed by atoms with Crippen LogP contribution in [0.4, 0.5) is 0 Å². The highest BCUT2D eigenvalue weighted by molar-refractivity contribution is 4.97. The van der Waals surface area contributed by atoms with Crippen LogP contribution in [0.2, 0.25) is 0 Å². The van der Waals surface area contributed by atoms with Crippen molar-refractivity contribution in [2.75, 3.05) is 13.2 Å². The van der Waals surface area contributed by atoms with Gasteiger partial charge in [0.2, 0.25) is 0 Å². The summed E-state index contributed by atoms with van der Waals surface area (Å²) in [5, 5.41) is 37.8. The fourth-order valence-electron chi connectivity index (χ4n) is 1.57. The van der Waals surface area contributed by atoms with E-state index in [0.717, 1.165) is 0 Å². The van der Waals surface area contributed by atoms with Gasteiger partial charge in [-0.2, -0.15) is 0 Å². The Kier molecular flexibility index (Phi) is 4.52. The van der Waals surface area contributed by atoms with Gasteiger partial charge in [-0.05, 0) is 5.92 Å². The second-order valence-corrected chi connectivity index (χ2v) is 4.76. The van der Waals surface area contributed by atoms with Crippen molar-refractivity contribution in [2.45, 2.75) is 39.4 Å². The molecule has 0 rings (SSSR count). The molecule has 0 aromatic heterocycles. The van der Waals surface area contributed by atoms with Gasteiger partial charge in [0.1, 0.15) is 5.60 Å². The molecule has 4 nitrogen and oxygen atoms in total. The normalized spacial score (nSPS) is 16.1. The van der Waals surface area contributed by atoms with Crippen LogP contribution in [0.3, 0.4) is 0 Å². The number of hydrogen-bond acceptors (Lipinski definition) is 4. The smallest absolute Gasteiger partial charge is 0.118 e. The first-order chi connectivity index (χ1) is 6.23. The molecule has 1 unspecified atom stereocenters. The first kappa shape index (κ1) is 13.8. The van der Waals surface area contributed by atoms with Crippen molar-refractivity contribution in [2.24, 2.45) is 11.3 Å². The van der Waals surface area contributed by atoms with Gasteiger partial charge in [-0.15, -0.1) is 0 Å². The zero-order valence-corrected chi connectivity index (χ0v) is 9.36. The van der Waals surface area contributed by atoms with E-state index >= 15 is 0 Å². The third-order valence-corrected chi connectivity index (χ3v) is 3.09. The molecule has 4 heteroatoms. The lowest BCUT2D eigenvalue weighted by Gasteiger charge is -2.44. The highest BCUT2D eigenvalue weighted by atomic mass is 16.4. The van der Waals surface area contributed by atoms with Crippen molar-refractivity contribution in [3.05, 3.63) is 0 Å². The SMILES string of the molecule is CC(C)C(O)C(C)(C)C(O)(CO)CO. The molecule has 0 aliphatic rings. The molecule has 0 fully saturated rings. The lowest BCUT2D eigenvalue weighted by Crippen LogP contribution is -2.57. The molecule has 0 aliphatic carbocycles. The molecule has 0 radical (unpaired) electrons. The molecule has 0 bridgehead atoms. The molecular formula is C10H22O4. The van der Waals surface area contributed by atoms with Crippen LogP contribution in [0.1, 0.15) is 27.7 Å². The van der Waals surface area contributed by atoms with Crippen LogP contribution in [0, 0.1) is 11.3 Å². The Labute approximate surface area is 85.2 Å². The average Bonchev–Trinajstić information content (AvgIpc) is 2.14. The molecule has 1 atom stereocenters. The van der Waals surface area contributed by atoms with Gasteiger partial charge in [0, 0.05) is 5.41 Å². The van der Waals surface area contributed by atoms with Crippen molar-refractivity contribution < 1.29 is 20.4 Å². The molecule has 0 aromatic carbocycles. The van der Waals surface area contributed by atoms with Crippen LogP contribution in [-0.4, -0.2) is 45.3 Å². The summed E-state index contributed by atoms with van der Waals surface area (Å²) in [6, 6.07) is 0. The van der Waals surface area contributed by atoms with E-state index in [9.17, 15) is 10.2 Å². The lowest BCUT2D eigenvalue weighted by atomic mass is 9.68. The number of hydrogen-bond donors (Lipinski definition) is 4. The molecular weight excluding hydrogens is 184 g/mol. The van der Waals surface area contributed by atoms with E-state index in [2.05, 4.69) is 0 Å². The summed E-state index contributed by atoms with van der Waals surface area (Å²) in [6.07, 6.45) is -0.785. The summed E-state index contributed by atoms with van der Waals surface area (Å²) < 4.78 is 0. The topological polar surface area (TPSA) is 80.9 Å². The highest BCUT2D eigenvalue weighted by Crippen LogP contribution is 2.37. The summed E-state index contributed by atoms with van der Waals surface area (Å²) in [4.78, 5) is 0. The zero-order valence-electron chi connectivity index (χ0n) is 9.36. The van der Waals surface area contributed by atoms with Crippen molar-refractivity contribution in [1.29, 1.82) is 0 Å². The van der Waals surface area contributed by atoms with E-state index < -0.39 is 30.3 Å². The van der Waals surface area contributed by atoms with Crippen LogP contribution >= 0.6 is 0 Å². The predicted molar refractivity (Wildman–Crippen MR) is 53.7 cm³/mol. The molecule has 0 heterocycles. The van der Waals surface area contributed by atoms with E-state index in [1.54, 1.807) is 13.8 Å². The fraction of sp³-hybridized carbons (Fsp3) is 1.00. The summed E-state index contributed by atoms with van der Waals surface area (Å²) in [5.74, 6) is -0.0466. The van der Waals surface area contributed by atoms with E-state index in [-0.39, 0.29) is 5.92 Å². The summed E-state index contributed by atoms with van der Waals surface area (Å²) in [5.41, 5.74) is -2.61. The first-order valence-electron chi connectivity index (χ1n) is 4.85. The Morgan fingerprint density at radius 3 is 1.64 bits per heavy atom. The summed E-state index contributed by atoms with van der Waals surface area (Å²) in [7, 11) is 0. The monoisotopic (exact) mass is 206 g/mol. The fourth-order valence-corrected chi connectivity index (χ4v) is 1.57. The number of aliphatic hydroxyl groups excluding tert-OH is 3. The molecule has 4 N–H and O–H groups in total. The van der Waals surface area contributed by atoms with Gasteiger partial charge >= 0.3 is 0 Å². The summed E-state index contributed by atoms with van der Waals surface area (Å²) in [6.45, 7) is 5.76. The van der Waals surface area contributed by atoms with Gasteiger partial charge in [-0.25, -0.2) is 0 Å². The van der Waals surface area contributed by atoms with Gasteiger partial charge in [0.15, 0.2) is 0 Å². The van der Waals surface area contributed by atoms with Gasteiger partial charge in [-0.1, -0.05) is 27.7 Å². The van der Waals surface area contributed by atoms with E-state index in [0.29, 0.717) is 0 Å². The van der Waals surface area contributed by atoms with Crippen molar-refractivity contribution in [1.82, 2.24) is 0 Å². The van der Waals surface area contributed by atoms with Crippen LogP contribution in [0.15, 0.2) is 0 Å². The first-order valence-corrected chi connectivity index (χ1v) is 4.85. The molecule has 0 amide bonds. The zero-order chi connectivity index (χ0) is 11.6. The number of aliphatic hydroxyl groups is 4. The third-order valence-electron chi connectivity index (χ3n) is 3.09. The van der Waals surface area contributed by atoms with E-state index in [1.807, 2.05) is 13.8 Å². The maximum atomic E-state index is 9.92. The Morgan fingerprint density at radius 1 is 1.07 bits per heavy atom. The Hall–Kier alpha value is -0.160. The molecule has 0 aliphatic heterocycles. The molecule has 0 spiro atoms. The van der Waals surface area contributed by atoms with Crippen molar-refractivity contribution >= 4 is 0 Å². The standard InChI is InChI=1S/C10H22O4/c1-7(2)8(13)9(3,4)10(14,5-11)6-12/h7-8,11-14H,5-6H2,1-4H3. The van der Waals surface area contributed by atoms with Gasteiger partial charge in [0.05, 0.1) is 19.3 Å². The maximum absolute atomic E-state index is 9.92. The minimum Gasteiger partial charge on any atom is -0.393 e. The Morgan fingerprint density at radius 2 is 1.43 bits per heavy atom. The molecule has 0 aromatic rings. The second kappa shape index (κ2) is 4.57. The molecule has 14 heavy (non-hydrogen) atoms. The lowest BCUT2D eigenvalue weighted by molar-refractivity contribution is -0.177. The Bertz CT molecular complexity index is 173. The second-order valence-electron chi connectivity index (χ2n) is 4.76. The highest BCUT2D eigenvalue weighted by Gasteiger charge is 2.48. The van der Waals surface area contributed by atoms with Gasteiger partial charge in [-0.3, -0.25) is 0 Å². The summed E-state index contributed by atoms with van der Waals surface area (Å²) >= 11 is 0. The minimum atomic E-state index is -1.66. The van der Waals surface area contributed by atoms with E-state index in [1.165, 1.54) is 0 Å². The van der Waals surface area contributed by atoms with Crippen LogP contribution in [0.5, 0.6) is 0 Å². The van der Waals surface area contributed by atoms with Gasteiger partial charge in [0.25, 0.3) is 0 Å². The third kappa shape index (κ3) is 2.25. The molecule has 0 saturated carbocycles. The van der Waals surface area contributed by atoms with Crippen LogP contribution < -0.4 is 0 Å². The minimum absolute atomic E-state index is 0.0466. The predicted octanol–water partition coefficient (Wildman–Crippen LogP) is -0.255. The quantitative estimate of drug-likeness (QED) is 0.500. The van der Waals surface area contributed by atoms with E-state index in [4.69, 9.17) is 10.2 Å². The molecule has 86 valence electrons. The van der Waals surface area contributed by atoms with Crippen molar-refractivity contribution in [3.8, 4) is 0 Å². The Balaban J connectivity index is 4.90. The molecule has 0 saturated heterocycles. The maximum Gasteiger partial charge on any atom is 0.118 e. The average molecular weight is 206 g/mol. The van der Waals surface area contributed by atoms with Gasteiger partial charge < -0.3 is 20.4 Å². The van der Waals surface area contributed by atoms with Crippen LogP contribution in [0.25, 0.3) is 0 Å². The van der Waals surface area contributed by atoms with Crippen LogP contribution in [-0.2, 0) is 0 Å².